The van der Waals surface area contributed by atoms with E-state index in [0.29, 0.717) is 27.8 Å². The second-order valence-electron chi connectivity index (χ2n) is 5.51. The molecule has 0 fully saturated rings. The van der Waals surface area contributed by atoms with Gasteiger partial charge in [-0.05, 0) is 42.7 Å². The molecule has 0 aliphatic heterocycles. The summed E-state index contributed by atoms with van der Waals surface area (Å²) in [6.45, 7) is 1.75. The zero-order valence-electron chi connectivity index (χ0n) is 14.0. The lowest BCUT2D eigenvalue weighted by molar-refractivity contribution is 0.102. The van der Waals surface area contributed by atoms with Crippen LogP contribution >= 0.6 is 11.5 Å². The number of carbonyl (C=O) groups is 1. The minimum atomic E-state index is -0.274. The van der Waals surface area contributed by atoms with Crippen molar-refractivity contribution < 1.29 is 9.53 Å². The molecule has 0 spiro atoms. The van der Waals surface area contributed by atoms with Crippen LogP contribution in [0.1, 0.15) is 15.4 Å². The summed E-state index contributed by atoms with van der Waals surface area (Å²) in [4.78, 5) is 21.7. The zero-order chi connectivity index (χ0) is 18.1. The second kappa shape index (κ2) is 6.52. The number of benzene rings is 1. The number of fused-ring (bicyclic) bond motifs is 1. The predicted molar refractivity (Wildman–Crippen MR) is 97.6 cm³/mol. The number of nitrogens with zero attached hydrogens (tertiary/aromatic N) is 5. The predicted octanol–water partition coefficient (Wildman–Crippen LogP) is 2.82. The summed E-state index contributed by atoms with van der Waals surface area (Å²) in [6.07, 6.45) is 5.45. The molecule has 0 saturated heterocycles. The van der Waals surface area contributed by atoms with Crippen molar-refractivity contribution in [2.45, 2.75) is 6.92 Å². The molecule has 0 bridgehead atoms. The highest BCUT2D eigenvalue weighted by Crippen LogP contribution is 2.31. The Morgan fingerprint density at radius 1 is 1.35 bits per heavy atom. The molecule has 0 atom stereocenters. The van der Waals surface area contributed by atoms with Gasteiger partial charge in [0.1, 0.15) is 10.6 Å². The largest absolute Gasteiger partial charge is 0.495 e. The van der Waals surface area contributed by atoms with Gasteiger partial charge in [0.15, 0.2) is 0 Å². The minimum absolute atomic E-state index is 0.274. The average molecular weight is 366 g/mol. The molecule has 0 saturated carbocycles. The summed E-state index contributed by atoms with van der Waals surface area (Å²) < 4.78 is 11.0. The molecule has 0 unspecified atom stereocenters. The maximum absolute atomic E-state index is 12.5. The Labute approximate surface area is 152 Å². The van der Waals surface area contributed by atoms with Crippen LogP contribution in [0.4, 0.5) is 5.69 Å². The molecular formula is C17H14N6O2S. The Balaban J connectivity index is 1.71. The first kappa shape index (κ1) is 16.2. The van der Waals surface area contributed by atoms with Gasteiger partial charge >= 0.3 is 0 Å². The van der Waals surface area contributed by atoms with E-state index in [-0.39, 0.29) is 5.91 Å². The molecule has 1 amide bonds. The number of nitrogens with one attached hydrogen (secondary N) is 1. The fourth-order valence-corrected chi connectivity index (χ4v) is 3.10. The van der Waals surface area contributed by atoms with Crippen molar-refractivity contribution >= 4 is 28.9 Å². The van der Waals surface area contributed by atoms with Crippen LogP contribution in [0.2, 0.25) is 0 Å². The Bertz CT molecular complexity index is 1070. The molecule has 1 N–H and O–H groups in total. The highest BCUT2D eigenvalue weighted by molar-refractivity contribution is 7.08. The number of methoxy groups -OCH3 is 1. The Hall–Kier alpha value is -3.33. The molecule has 26 heavy (non-hydrogen) atoms. The lowest BCUT2D eigenvalue weighted by Crippen LogP contribution is -2.12. The molecule has 0 aliphatic carbocycles. The monoisotopic (exact) mass is 366 g/mol. The minimum Gasteiger partial charge on any atom is -0.495 e. The van der Waals surface area contributed by atoms with Crippen LogP contribution in [-0.4, -0.2) is 37.0 Å². The molecule has 0 radical (unpaired) electrons. The Morgan fingerprint density at radius 2 is 2.23 bits per heavy atom. The zero-order valence-corrected chi connectivity index (χ0v) is 14.8. The number of hydrogen-bond donors (Lipinski definition) is 1. The van der Waals surface area contributed by atoms with E-state index in [9.17, 15) is 4.79 Å². The third-order valence-corrected chi connectivity index (χ3v) is 4.66. The van der Waals surface area contributed by atoms with Gasteiger partial charge in [-0.2, -0.15) is 0 Å². The molecule has 3 heterocycles. The molecule has 1 aromatic carbocycles. The average Bonchev–Trinajstić information content (AvgIpc) is 3.27. The van der Waals surface area contributed by atoms with Crippen molar-refractivity contribution in [3.05, 3.63) is 53.4 Å². The second-order valence-corrected chi connectivity index (χ2v) is 6.26. The molecule has 8 nitrogen and oxygen atoms in total. The number of anilines is 1. The summed E-state index contributed by atoms with van der Waals surface area (Å²) in [5, 5.41) is 6.73. The van der Waals surface area contributed by atoms with Crippen LogP contribution in [-0.2, 0) is 0 Å². The molecule has 3 aromatic heterocycles. The summed E-state index contributed by atoms with van der Waals surface area (Å²) in [5.74, 6) is 0.888. The van der Waals surface area contributed by atoms with E-state index in [1.165, 1.54) is 0 Å². The summed E-state index contributed by atoms with van der Waals surface area (Å²) in [7, 11) is 1.55. The Morgan fingerprint density at radius 3 is 2.96 bits per heavy atom. The Kier molecular flexibility index (Phi) is 4.05. The lowest BCUT2D eigenvalue weighted by Gasteiger charge is -2.11. The number of amides is 1. The first-order valence-electron chi connectivity index (χ1n) is 7.74. The van der Waals surface area contributed by atoms with Crippen LogP contribution in [0.5, 0.6) is 5.75 Å². The van der Waals surface area contributed by atoms with Crippen molar-refractivity contribution in [1.82, 2.24) is 24.0 Å². The number of aryl methyl sites for hydroxylation is 1. The van der Waals surface area contributed by atoms with Gasteiger partial charge in [-0.1, -0.05) is 4.49 Å². The van der Waals surface area contributed by atoms with Crippen LogP contribution in [0.3, 0.4) is 0 Å². The van der Waals surface area contributed by atoms with Gasteiger partial charge < -0.3 is 10.1 Å². The normalized spacial score (nSPS) is 10.8. The van der Waals surface area contributed by atoms with Gasteiger partial charge in [0.2, 0.25) is 5.78 Å². The van der Waals surface area contributed by atoms with Gasteiger partial charge in [-0.3, -0.25) is 9.20 Å². The van der Waals surface area contributed by atoms with Crippen LogP contribution in [0.25, 0.3) is 17.0 Å². The first-order valence-corrected chi connectivity index (χ1v) is 8.51. The number of carbonyl (C=O) groups excluding carboxylic acids is 1. The number of rotatable bonds is 4. The third-order valence-electron chi connectivity index (χ3n) is 3.84. The fraction of sp³-hybridized carbons (Fsp3) is 0.118. The van der Waals surface area contributed by atoms with Gasteiger partial charge in [0, 0.05) is 24.2 Å². The molecule has 4 aromatic rings. The topological polar surface area (TPSA) is 94.3 Å². The van der Waals surface area contributed by atoms with Crippen LogP contribution < -0.4 is 10.1 Å². The molecule has 0 aliphatic rings. The van der Waals surface area contributed by atoms with Gasteiger partial charge in [-0.25, -0.2) is 9.97 Å². The SMILES string of the molecule is COc1ccc(-c2cn3cccnc3n2)cc1NC(=O)c1snnc1C. The van der Waals surface area contributed by atoms with Crippen LogP contribution in [0, 0.1) is 6.92 Å². The number of ether oxygens (including phenoxy) is 1. The van der Waals surface area contributed by atoms with Crippen molar-refractivity contribution in [3.63, 3.8) is 0 Å². The summed E-state index contributed by atoms with van der Waals surface area (Å²) >= 11 is 1.06. The van der Waals surface area contributed by atoms with E-state index in [4.69, 9.17) is 4.74 Å². The van der Waals surface area contributed by atoms with Crippen molar-refractivity contribution in [2.75, 3.05) is 12.4 Å². The maximum atomic E-state index is 12.5. The lowest BCUT2D eigenvalue weighted by atomic mass is 10.1. The van der Waals surface area contributed by atoms with Crippen molar-refractivity contribution in [2.24, 2.45) is 0 Å². The maximum Gasteiger partial charge on any atom is 0.269 e. The summed E-state index contributed by atoms with van der Waals surface area (Å²) in [6, 6.07) is 7.34. The summed E-state index contributed by atoms with van der Waals surface area (Å²) in [5.41, 5.74) is 2.73. The van der Waals surface area contributed by atoms with E-state index < -0.39 is 0 Å². The molecule has 130 valence electrons. The molecule has 9 heteroatoms. The fourth-order valence-electron chi connectivity index (χ4n) is 2.55. The van der Waals surface area contributed by atoms with E-state index in [0.717, 1.165) is 22.8 Å². The molecular weight excluding hydrogens is 352 g/mol. The number of hydrogen-bond acceptors (Lipinski definition) is 7. The van der Waals surface area contributed by atoms with Crippen LogP contribution in [0.15, 0.2) is 42.9 Å². The van der Waals surface area contributed by atoms with Crippen molar-refractivity contribution in [1.29, 1.82) is 0 Å². The van der Waals surface area contributed by atoms with Gasteiger partial charge in [0.05, 0.1) is 24.2 Å². The highest BCUT2D eigenvalue weighted by Gasteiger charge is 2.16. The number of aromatic nitrogens is 5. The van der Waals surface area contributed by atoms with E-state index >= 15 is 0 Å². The van der Waals surface area contributed by atoms with E-state index in [2.05, 4.69) is 24.9 Å². The first-order chi connectivity index (χ1) is 12.7. The smallest absolute Gasteiger partial charge is 0.269 e. The highest BCUT2D eigenvalue weighted by atomic mass is 32.1. The van der Waals surface area contributed by atoms with Gasteiger partial charge in [-0.15, -0.1) is 5.10 Å². The number of imidazole rings is 1. The van der Waals surface area contributed by atoms with Crippen molar-refractivity contribution in [3.8, 4) is 17.0 Å². The standard InChI is InChI=1S/C17H14N6O2S/c1-10-15(26-22-21-10)16(24)19-12-8-11(4-5-14(12)25-2)13-9-23-7-3-6-18-17(23)20-13/h3-9H,1-2H3,(H,19,24). The van der Waals surface area contributed by atoms with E-state index in [1.54, 1.807) is 26.3 Å². The quantitative estimate of drug-likeness (QED) is 0.597. The van der Waals surface area contributed by atoms with E-state index in [1.807, 2.05) is 35.0 Å². The molecule has 4 rings (SSSR count). The van der Waals surface area contributed by atoms with Gasteiger partial charge in [0.25, 0.3) is 5.91 Å². The third kappa shape index (κ3) is 2.88.